The van der Waals surface area contributed by atoms with Crippen molar-refractivity contribution in [3.05, 3.63) is 90.3 Å². The molecule has 0 radical (unpaired) electrons. The van der Waals surface area contributed by atoms with Gasteiger partial charge in [0.2, 0.25) is 5.91 Å². The van der Waals surface area contributed by atoms with E-state index in [1.807, 2.05) is 73.9 Å². The van der Waals surface area contributed by atoms with Crippen molar-refractivity contribution in [2.45, 2.75) is 19.4 Å². The Morgan fingerprint density at radius 3 is 2.43 bits per heavy atom. The van der Waals surface area contributed by atoms with Crippen molar-refractivity contribution in [1.82, 2.24) is 4.57 Å². The third-order valence-electron chi connectivity index (χ3n) is 3.85. The lowest BCUT2D eigenvalue weighted by molar-refractivity contribution is -0.116. The number of carbonyl (C=O) groups is 1. The minimum Gasteiger partial charge on any atom is -0.346 e. The molecule has 2 aromatic carbocycles. The maximum atomic E-state index is 12.5. The Bertz CT molecular complexity index is 763. The summed E-state index contributed by atoms with van der Waals surface area (Å²) in [5, 5.41) is 2.99. The molecule has 3 aromatic rings. The van der Waals surface area contributed by atoms with Crippen molar-refractivity contribution in [2.24, 2.45) is 0 Å². The second-order valence-electron chi connectivity index (χ2n) is 5.68. The standard InChI is InChI=1S/C20H20N2O/c1-16-8-7-11-18(14-16)21-20(23)15-19(22-12-5-6-13-22)17-9-3-2-4-10-17/h2-14,19H,15H2,1H3,(H,21,23). The fourth-order valence-corrected chi connectivity index (χ4v) is 2.74. The first-order chi connectivity index (χ1) is 11.2. The molecule has 0 aliphatic heterocycles. The third kappa shape index (κ3) is 3.89. The van der Waals surface area contributed by atoms with Crippen LogP contribution >= 0.6 is 0 Å². The molecule has 0 aliphatic rings. The molecule has 1 aromatic heterocycles. The Morgan fingerprint density at radius 2 is 1.74 bits per heavy atom. The van der Waals surface area contributed by atoms with Gasteiger partial charge in [-0.1, -0.05) is 42.5 Å². The normalized spacial score (nSPS) is 11.9. The predicted octanol–water partition coefficient (Wildman–Crippen LogP) is 4.41. The summed E-state index contributed by atoms with van der Waals surface area (Å²) in [6, 6.07) is 21.9. The predicted molar refractivity (Wildman–Crippen MR) is 93.4 cm³/mol. The van der Waals surface area contributed by atoms with Crippen LogP contribution in [-0.4, -0.2) is 10.5 Å². The molecule has 1 atom stereocenters. The highest BCUT2D eigenvalue weighted by Crippen LogP contribution is 2.23. The molecule has 0 spiro atoms. The van der Waals surface area contributed by atoms with Crippen LogP contribution in [0.2, 0.25) is 0 Å². The summed E-state index contributed by atoms with van der Waals surface area (Å²) in [7, 11) is 0. The van der Waals surface area contributed by atoms with Crippen molar-refractivity contribution < 1.29 is 4.79 Å². The van der Waals surface area contributed by atoms with Crippen molar-refractivity contribution in [3.63, 3.8) is 0 Å². The minimum atomic E-state index is -0.00370. The highest BCUT2D eigenvalue weighted by molar-refractivity contribution is 5.91. The first-order valence-corrected chi connectivity index (χ1v) is 7.76. The number of benzene rings is 2. The van der Waals surface area contributed by atoms with Crippen LogP contribution in [0.4, 0.5) is 5.69 Å². The smallest absolute Gasteiger partial charge is 0.226 e. The van der Waals surface area contributed by atoms with E-state index in [-0.39, 0.29) is 11.9 Å². The molecule has 0 saturated heterocycles. The number of nitrogens with one attached hydrogen (secondary N) is 1. The monoisotopic (exact) mass is 304 g/mol. The Balaban J connectivity index is 1.77. The van der Waals surface area contributed by atoms with Gasteiger partial charge < -0.3 is 9.88 Å². The number of nitrogens with zero attached hydrogens (tertiary/aromatic N) is 1. The molecule has 3 heteroatoms. The van der Waals surface area contributed by atoms with Crippen LogP contribution < -0.4 is 5.32 Å². The van der Waals surface area contributed by atoms with Crippen LogP contribution in [0.5, 0.6) is 0 Å². The van der Waals surface area contributed by atoms with Gasteiger partial charge in [-0.15, -0.1) is 0 Å². The zero-order valence-corrected chi connectivity index (χ0v) is 13.1. The first-order valence-electron chi connectivity index (χ1n) is 7.76. The Kier molecular flexibility index (Phi) is 4.57. The Morgan fingerprint density at radius 1 is 1.00 bits per heavy atom. The van der Waals surface area contributed by atoms with Gasteiger partial charge in [-0.05, 0) is 42.3 Å². The van der Waals surface area contributed by atoms with Gasteiger partial charge in [0.1, 0.15) is 0 Å². The molecule has 116 valence electrons. The number of aromatic nitrogens is 1. The molecule has 1 heterocycles. The van der Waals surface area contributed by atoms with Crippen LogP contribution in [0.1, 0.15) is 23.6 Å². The van der Waals surface area contributed by atoms with E-state index < -0.39 is 0 Å². The molecule has 0 bridgehead atoms. The van der Waals surface area contributed by atoms with Crippen LogP contribution in [-0.2, 0) is 4.79 Å². The zero-order chi connectivity index (χ0) is 16.1. The summed E-state index contributed by atoms with van der Waals surface area (Å²) in [5.41, 5.74) is 3.10. The van der Waals surface area contributed by atoms with Gasteiger partial charge in [0.25, 0.3) is 0 Å². The average molecular weight is 304 g/mol. The van der Waals surface area contributed by atoms with E-state index in [0.29, 0.717) is 6.42 Å². The second-order valence-corrected chi connectivity index (χ2v) is 5.68. The molecule has 0 aliphatic carbocycles. The SMILES string of the molecule is Cc1cccc(NC(=O)CC(c2ccccc2)n2cccc2)c1. The van der Waals surface area contributed by atoms with Crippen LogP contribution in [0.3, 0.4) is 0 Å². The number of hydrogen-bond acceptors (Lipinski definition) is 1. The quantitative estimate of drug-likeness (QED) is 0.744. The fourth-order valence-electron chi connectivity index (χ4n) is 2.74. The molecule has 23 heavy (non-hydrogen) atoms. The lowest BCUT2D eigenvalue weighted by Crippen LogP contribution is -2.19. The average Bonchev–Trinajstić information content (AvgIpc) is 3.07. The molecule has 3 rings (SSSR count). The number of hydrogen-bond donors (Lipinski definition) is 1. The molecule has 1 N–H and O–H groups in total. The number of aryl methyl sites for hydroxylation is 1. The summed E-state index contributed by atoms with van der Waals surface area (Å²) in [5.74, 6) is 0.0122. The van der Waals surface area contributed by atoms with E-state index in [4.69, 9.17) is 0 Å². The minimum absolute atomic E-state index is 0.00370. The van der Waals surface area contributed by atoms with E-state index in [9.17, 15) is 4.79 Å². The molecule has 0 saturated carbocycles. The van der Waals surface area contributed by atoms with Crippen molar-refractivity contribution >= 4 is 11.6 Å². The van der Waals surface area contributed by atoms with E-state index in [0.717, 1.165) is 16.8 Å². The van der Waals surface area contributed by atoms with Crippen molar-refractivity contribution in [3.8, 4) is 0 Å². The van der Waals surface area contributed by atoms with Gasteiger partial charge in [0, 0.05) is 18.1 Å². The highest BCUT2D eigenvalue weighted by atomic mass is 16.1. The highest BCUT2D eigenvalue weighted by Gasteiger charge is 2.17. The number of rotatable bonds is 5. The van der Waals surface area contributed by atoms with Gasteiger partial charge in [0.05, 0.1) is 12.5 Å². The number of carbonyl (C=O) groups excluding carboxylic acids is 1. The maximum Gasteiger partial charge on any atom is 0.226 e. The summed E-state index contributed by atoms with van der Waals surface area (Å²) >= 11 is 0. The van der Waals surface area contributed by atoms with Crippen LogP contribution in [0, 0.1) is 6.92 Å². The number of anilines is 1. The fraction of sp³-hybridized carbons (Fsp3) is 0.150. The Hall–Kier alpha value is -2.81. The van der Waals surface area contributed by atoms with Crippen LogP contribution in [0.15, 0.2) is 79.1 Å². The molecule has 1 unspecified atom stereocenters. The van der Waals surface area contributed by atoms with Gasteiger partial charge in [-0.2, -0.15) is 0 Å². The summed E-state index contributed by atoms with van der Waals surface area (Å²) < 4.78 is 2.07. The summed E-state index contributed by atoms with van der Waals surface area (Å²) in [6.07, 6.45) is 4.39. The largest absolute Gasteiger partial charge is 0.346 e. The van der Waals surface area contributed by atoms with Gasteiger partial charge in [0.15, 0.2) is 0 Å². The molecule has 1 amide bonds. The van der Waals surface area contributed by atoms with Gasteiger partial charge in [-0.3, -0.25) is 4.79 Å². The van der Waals surface area contributed by atoms with Crippen LogP contribution in [0.25, 0.3) is 0 Å². The topological polar surface area (TPSA) is 34.0 Å². The van der Waals surface area contributed by atoms with Crippen molar-refractivity contribution in [1.29, 1.82) is 0 Å². The maximum absolute atomic E-state index is 12.5. The zero-order valence-electron chi connectivity index (χ0n) is 13.1. The molecular weight excluding hydrogens is 284 g/mol. The van der Waals surface area contributed by atoms with E-state index >= 15 is 0 Å². The van der Waals surface area contributed by atoms with Gasteiger partial charge >= 0.3 is 0 Å². The second kappa shape index (κ2) is 6.97. The van der Waals surface area contributed by atoms with E-state index in [1.54, 1.807) is 0 Å². The molecular formula is C20H20N2O. The third-order valence-corrected chi connectivity index (χ3v) is 3.85. The summed E-state index contributed by atoms with van der Waals surface area (Å²) in [4.78, 5) is 12.5. The molecule has 3 nitrogen and oxygen atoms in total. The van der Waals surface area contributed by atoms with E-state index in [1.165, 1.54) is 0 Å². The van der Waals surface area contributed by atoms with Gasteiger partial charge in [-0.25, -0.2) is 0 Å². The lowest BCUT2D eigenvalue weighted by Gasteiger charge is -2.19. The number of amides is 1. The van der Waals surface area contributed by atoms with Crippen molar-refractivity contribution in [2.75, 3.05) is 5.32 Å². The Labute approximate surface area is 136 Å². The summed E-state index contributed by atoms with van der Waals surface area (Å²) in [6.45, 7) is 2.02. The van der Waals surface area contributed by atoms with E-state index in [2.05, 4.69) is 22.0 Å². The molecule has 0 fully saturated rings. The lowest BCUT2D eigenvalue weighted by atomic mass is 10.0. The first kappa shape index (κ1) is 15.1.